The highest BCUT2D eigenvalue weighted by Gasteiger charge is 2.58. The summed E-state index contributed by atoms with van der Waals surface area (Å²) in [6, 6.07) is 11.6. The number of fused-ring (bicyclic) bond motifs is 2. The van der Waals surface area contributed by atoms with E-state index in [1.165, 1.54) is 6.20 Å². The molecule has 364 valence electrons. The van der Waals surface area contributed by atoms with Crippen LogP contribution >= 0.6 is 0 Å². The molecule has 3 aromatic rings. The van der Waals surface area contributed by atoms with Gasteiger partial charge in [0, 0.05) is 47.8 Å². The van der Waals surface area contributed by atoms with E-state index in [2.05, 4.69) is 15.3 Å². The number of aliphatic hydroxyl groups excluding tert-OH is 1. The zero-order valence-corrected chi connectivity index (χ0v) is 40.1. The van der Waals surface area contributed by atoms with Crippen LogP contribution in [0.3, 0.4) is 0 Å². The summed E-state index contributed by atoms with van der Waals surface area (Å²) >= 11 is 0. The highest BCUT2D eigenvalue weighted by molar-refractivity contribution is 5.85. The molecule has 17 nitrogen and oxygen atoms in total. The lowest BCUT2D eigenvalue weighted by Crippen LogP contribution is -2.61. The molecular weight excluding hydrogens is 865 g/mol. The molecule has 67 heavy (non-hydrogen) atoms. The molecule has 2 aromatic heterocycles. The molecule has 0 bridgehead atoms. The Labute approximate surface area is 392 Å². The van der Waals surface area contributed by atoms with Gasteiger partial charge in [-0.1, -0.05) is 58.0 Å². The van der Waals surface area contributed by atoms with Gasteiger partial charge in [0.05, 0.1) is 30.0 Å². The van der Waals surface area contributed by atoms with Gasteiger partial charge in [0.1, 0.15) is 42.4 Å². The number of para-hydroxylation sites is 1. The van der Waals surface area contributed by atoms with Crippen molar-refractivity contribution in [3.63, 3.8) is 0 Å². The summed E-state index contributed by atoms with van der Waals surface area (Å²) in [5.74, 6) is -5.89. The van der Waals surface area contributed by atoms with Crippen LogP contribution in [0.2, 0.25) is 0 Å². The number of pyridine rings is 2. The van der Waals surface area contributed by atoms with Crippen molar-refractivity contribution < 1.29 is 62.2 Å². The maximum atomic E-state index is 14.7. The normalized spacial score (nSPS) is 34.1. The Kier molecular flexibility index (Phi) is 16.4. The number of aliphatic hydroxyl groups is 1. The van der Waals surface area contributed by atoms with Gasteiger partial charge in [0.25, 0.3) is 0 Å². The third-order valence-electron chi connectivity index (χ3n) is 13.5. The number of carbonyl (C=O) groups excluding carboxylic acids is 5. The van der Waals surface area contributed by atoms with Crippen molar-refractivity contribution in [3.05, 3.63) is 78.3 Å². The van der Waals surface area contributed by atoms with Crippen molar-refractivity contribution in [3.8, 4) is 0 Å². The van der Waals surface area contributed by atoms with E-state index in [9.17, 15) is 29.1 Å². The second kappa shape index (κ2) is 21.6. The third kappa shape index (κ3) is 11.8. The van der Waals surface area contributed by atoms with E-state index in [1.807, 2.05) is 56.3 Å². The fourth-order valence-corrected chi connectivity index (χ4v) is 10.00. The average Bonchev–Trinajstić information content (AvgIpc) is 3.61. The molecule has 3 aliphatic rings. The van der Waals surface area contributed by atoms with Gasteiger partial charge in [-0.3, -0.25) is 24.4 Å². The molecule has 0 spiro atoms. The van der Waals surface area contributed by atoms with Crippen LogP contribution in [0.25, 0.3) is 17.0 Å². The number of rotatable bonds is 11. The first-order chi connectivity index (χ1) is 31.7. The number of hydrogen-bond donors (Lipinski definition) is 2. The number of ether oxygens (including phenoxy) is 7. The third-order valence-corrected chi connectivity index (χ3v) is 13.5. The summed E-state index contributed by atoms with van der Waals surface area (Å²) in [7, 11) is 3.65. The second-order valence-electron chi connectivity index (χ2n) is 18.9. The molecule has 3 aliphatic heterocycles. The highest BCUT2D eigenvalue weighted by Crippen LogP contribution is 2.42. The Morgan fingerprint density at radius 2 is 1.76 bits per heavy atom. The zero-order valence-electron chi connectivity index (χ0n) is 40.1. The summed E-state index contributed by atoms with van der Waals surface area (Å²) in [5.41, 5.74) is -1.16. The molecule has 1 amide bonds. The lowest BCUT2D eigenvalue weighted by molar-refractivity contribution is -0.300. The summed E-state index contributed by atoms with van der Waals surface area (Å²) in [6.07, 6.45) is -0.140. The summed E-state index contributed by atoms with van der Waals surface area (Å²) in [5, 5.41) is 15.6. The van der Waals surface area contributed by atoms with Gasteiger partial charge in [-0.05, 0) is 96.5 Å². The number of ketones is 1. The summed E-state index contributed by atoms with van der Waals surface area (Å²) in [6.45, 7) is 13.1. The molecular formula is C50H66N4O13. The fourth-order valence-electron chi connectivity index (χ4n) is 10.00. The molecule has 3 saturated heterocycles. The van der Waals surface area contributed by atoms with E-state index < -0.39 is 108 Å². The SMILES string of the molecule is CC[C@H]1OC(=O)[C@H](C)[C@@H](OC(=O)Cc2cccnc2)[C@H](C)[C@@H](O[C@@H]2O[C@H](C)C[C@H](N(C)C)[C@H]2O)[C@](C)(OC(=O)OC/C=C/c2cnc3ccccc3c2)C[C@@H](C)C(=O)[C@H](C)[C@H]2NC(=O)O[C@@]21C. The molecule has 1 aromatic carbocycles. The Balaban J connectivity index is 1.42. The topological polar surface area (TPSA) is 211 Å². The first-order valence-corrected chi connectivity index (χ1v) is 23.1. The van der Waals surface area contributed by atoms with Crippen LogP contribution in [-0.2, 0) is 54.0 Å². The molecule has 17 heteroatoms. The van der Waals surface area contributed by atoms with Gasteiger partial charge in [0.2, 0.25) is 0 Å². The maximum absolute atomic E-state index is 14.7. The first kappa shape index (κ1) is 50.9. The smallest absolute Gasteiger partial charge is 0.461 e. The van der Waals surface area contributed by atoms with Crippen LogP contribution in [0.5, 0.6) is 0 Å². The number of hydrogen-bond acceptors (Lipinski definition) is 16. The Hall–Kier alpha value is -5.49. The van der Waals surface area contributed by atoms with Crippen molar-refractivity contribution in [2.75, 3.05) is 20.7 Å². The largest absolute Gasteiger partial charge is 0.509 e. The minimum Gasteiger partial charge on any atom is -0.461 e. The van der Waals surface area contributed by atoms with E-state index in [0.29, 0.717) is 12.0 Å². The van der Waals surface area contributed by atoms with E-state index in [0.717, 1.165) is 16.5 Å². The Bertz CT molecular complexity index is 2260. The van der Waals surface area contributed by atoms with Crippen LogP contribution < -0.4 is 5.32 Å². The quantitative estimate of drug-likeness (QED) is 0.161. The number of cyclic esters (lactones) is 1. The van der Waals surface area contributed by atoms with Crippen molar-refractivity contribution in [2.45, 2.75) is 141 Å². The molecule has 0 aliphatic carbocycles. The lowest BCUT2D eigenvalue weighted by Gasteiger charge is -2.48. The molecule has 14 atom stereocenters. The van der Waals surface area contributed by atoms with Gasteiger partial charge in [-0.15, -0.1) is 0 Å². The number of likely N-dealkylation sites (N-methyl/N-ethyl adjacent to an activating group) is 1. The molecule has 0 unspecified atom stereocenters. The minimum absolute atomic E-state index is 0.195. The van der Waals surface area contributed by atoms with E-state index in [1.54, 1.807) is 85.1 Å². The van der Waals surface area contributed by atoms with Gasteiger partial charge in [0.15, 0.2) is 11.9 Å². The van der Waals surface area contributed by atoms with E-state index in [4.69, 9.17) is 33.2 Å². The van der Waals surface area contributed by atoms with E-state index >= 15 is 0 Å². The average molecular weight is 931 g/mol. The van der Waals surface area contributed by atoms with Crippen LogP contribution in [0.1, 0.15) is 85.8 Å². The molecule has 2 N–H and O–H groups in total. The number of amides is 1. The van der Waals surface area contributed by atoms with Crippen molar-refractivity contribution in [1.29, 1.82) is 0 Å². The molecule has 5 heterocycles. The predicted molar refractivity (Wildman–Crippen MR) is 245 cm³/mol. The van der Waals surface area contributed by atoms with Crippen LogP contribution in [0.15, 0.2) is 67.1 Å². The van der Waals surface area contributed by atoms with Gasteiger partial charge < -0.3 is 48.5 Å². The Morgan fingerprint density at radius 3 is 2.46 bits per heavy atom. The lowest BCUT2D eigenvalue weighted by atomic mass is 9.73. The summed E-state index contributed by atoms with van der Waals surface area (Å²) in [4.78, 5) is 80.7. The number of Topliss-reactive ketones (excluding diaryl/α,β-unsaturated/α-hetero) is 1. The minimum atomic E-state index is -1.83. The van der Waals surface area contributed by atoms with Crippen molar-refractivity contribution >= 4 is 46.9 Å². The predicted octanol–water partition coefficient (Wildman–Crippen LogP) is 6.23. The van der Waals surface area contributed by atoms with Crippen molar-refractivity contribution in [1.82, 2.24) is 20.2 Å². The van der Waals surface area contributed by atoms with Gasteiger partial charge in [-0.2, -0.15) is 0 Å². The van der Waals surface area contributed by atoms with Crippen LogP contribution in [0, 0.1) is 23.7 Å². The number of aromatic nitrogens is 2. The molecule has 0 saturated carbocycles. The van der Waals surface area contributed by atoms with Crippen molar-refractivity contribution in [2.24, 2.45) is 23.7 Å². The van der Waals surface area contributed by atoms with Crippen LogP contribution in [0.4, 0.5) is 9.59 Å². The Morgan fingerprint density at radius 1 is 1.01 bits per heavy atom. The number of carbonyl (C=O) groups is 5. The van der Waals surface area contributed by atoms with Gasteiger partial charge >= 0.3 is 24.2 Å². The second-order valence-corrected chi connectivity index (χ2v) is 18.9. The number of benzene rings is 1. The zero-order chi connectivity index (χ0) is 48.8. The maximum Gasteiger partial charge on any atom is 0.509 e. The van der Waals surface area contributed by atoms with Crippen LogP contribution in [-0.4, -0.2) is 131 Å². The first-order valence-electron chi connectivity index (χ1n) is 23.1. The number of nitrogens with zero attached hydrogens (tertiary/aromatic N) is 3. The number of alkyl carbamates (subject to hydrolysis) is 1. The molecule has 0 radical (unpaired) electrons. The number of nitrogens with one attached hydrogen (secondary N) is 1. The van der Waals surface area contributed by atoms with Gasteiger partial charge in [-0.25, -0.2) is 9.59 Å². The molecule has 3 fully saturated rings. The van der Waals surface area contributed by atoms with E-state index in [-0.39, 0.29) is 31.7 Å². The number of esters is 2. The molecule has 6 rings (SSSR count). The fraction of sp³-hybridized carbons (Fsp3) is 0.580. The summed E-state index contributed by atoms with van der Waals surface area (Å²) < 4.78 is 43.5. The monoisotopic (exact) mass is 930 g/mol. The highest BCUT2D eigenvalue weighted by atomic mass is 16.8. The standard InChI is InChI=1S/C50H66N4O13/c1-11-38-50(8)43(53-47(59)66-50)30(4)40(56)28(2)25-49(7,67-48(60)61-21-15-17-33-23-35-18-12-13-19-36(35)52-27-33)44(65-46-41(57)37(54(9)10)22-29(3)62-46)31(5)42(32(6)45(58)63-38)64-39(55)24-34-16-14-20-51-26-34/h12-20,23,26-32,37-38,41-44,46,57H,11,21-22,24-25H2,1-10H3,(H,53,59)/b17-15+/t28-,29-,30+,31+,32-,37+,38-,41-,42+,43-,44-,46+,49-,50-/m1/s1.